The molecule has 1 aromatic carbocycles. The molecule has 5 aliphatic rings. The van der Waals surface area contributed by atoms with E-state index in [1.54, 1.807) is 0 Å². The topological polar surface area (TPSA) is 79.3 Å². The summed E-state index contributed by atoms with van der Waals surface area (Å²) in [5, 5.41) is 17.4. The Labute approximate surface area is 246 Å². The Kier molecular flexibility index (Phi) is 8.60. The molecule has 6 rings (SSSR count). The van der Waals surface area contributed by atoms with Gasteiger partial charge in [0.25, 0.3) is 0 Å². The van der Waals surface area contributed by atoms with E-state index in [4.69, 9.17) is 9.47 Å². The van der Waals surface area contributed by atoms with Gasteiger partial charge in [-0.05, 0) is 58.3 Å². The smallest absolute Gasteiger partial charge is 0.164 e. The summed E-state index contributed by atoms with van der Waals surface area (Å²) in [4.78, 5) is 9.85. The summed E-state index contributed by atoms with van der Waals surface area (Å²) in [6.07, 6.45) is 7.95. The van der Waals surface area contributed by atoms with Crippen LogP contribution in [0.15, 0.2) is 36.9 Å². The minimum Gasteiger partial charge on any atom is -0.483 e. The Morgan fingerprint density at radius 1 is 1.17 bits per heavy atom. The number of ether oxygens (including phenoxy) is 2. The van der Waals surface area contributed by atoms with Crippen molar-refractivity contribution < 1.29 is 9.47 Å². The minimum atomic E-state index is -0.249. The summed E-state index contributed by atoms with van der Waals surface area (Å²) in [5.41, 5.74) is 0.924. The third kappa shape index (κ3) is 5.63. The summed E-state index contributed by atoms with van der Waals surface area (Å²) < 4.78 is 13.5. The van der Waals surface area contributed by atoms with Crippen LogP contribution in [0.25, 0.3) is 0 Å². The first-order valence-electron chi connectivity index (χ1n) is 15.7. The van der Waals surface area contributed by atoms with E-state index in [0.29, 0.717) is 18.4 Å². The highest BCUT2D eigenvalue weighted by atomic mass is 16.5. The Morgan fingerprint density at radius 3 is 2.80 bits per heavy atom. The number of nitrogens with zero attached hydrogens (tertiary/aromatic N) is 5. The van der Waals surface area contributed by atoms with Gasteiger partial charge in [-0.2, -0.15) is 5.26 Å². The van der Waals surface area contributed by atoms with Crippen molar-refractivity contribution in [3.8, 4) is 11.8 Å². The maximum absolute atomic E-state index is 9.59. The first kappa shape index (κ1) is 28.9. The van der Waals surface area contributed by atoms with Crippen LogP contribution in [0.2, 0.25) is 0 Å². The zero-order chi connectivity index (χ0) is 28.6. The lowest BCUT2D eigenvalue weighted by Crippen LogP contribution is -2.74. The molecule has 9 heteroatoms. The number of rotatable bonds is 7. The third-order valence-electron chi connectivity index (χ3n) is 10.8. The Balaban J connectivity index is 1.23. The molecule has 8 atom stereocenters. The number of hydrogen-bond donors (Lipinski definition) is 2. The molecule has 4 aliphatic heterocycles. The number of anilines is 1. The van der Waals surface area contributed by atoms with Crippen molar-refractivity contribution in [3.05, 3.63) is 36.9 Å². The number of nitriles is 1. The predicted molar refractivity (Wildman–Crippen MR) is 162 cm³/mol. The number of fused-ring (bicyclic) bond motifs is 2. The normalized spacial score (nSPS) is 38.2. The van der Waals surface area contributed by atoms with Crippen LogP contribution in [-0.2, 0) is 4.74 Å². The van der Waals surface area contributed by atoms with Crippen molar-refractivity contribution in [3.63, 3.8) is 0 Å². The number of likely N-dealkylation sites (tertiary alicyclic amines) is 1. The maximum Gasteiger partial charge on any atom is 0.164 e. The molecule has 7 unspecified atom stereocenters. The van der Waals surface area contributed by atoms with Gasteiger partial charge < -0.3 is 19.3 Å². The lowest BCUT2D eigenvalue weighted by atomic mass is 9.69. The van der Waals surface area contributed by atoms with Crippen molar-refractivity contribution in [2.75, 3.05) is 58.3 Å². The second-order valence-corrected chi connectivity index (χ2v) is 13.0. The van der Waals surface area contributed by atoms with Crippen LogP contribution < -0.4 is 20.3 Å². The highest BCUT2D eigenvalue weighted by molar-refractivity contribution is 5.61. The second kappa shape index (κ2) is 12.2. The van der Waals surface area contributed by atoms with Gasteiger partial charge in [0.1, 0.15) is 11.4 Å². The minimum absolute atomic E-state index is 0.195. The van der Waals surface area contributed by atoms with Crippen molar-refractivity contribution in [1.82, 2.24) is 25.3 Å². The van der Waals surface area contributed by atoms with Crippen LogP contribution in [0.3, 0.4) is 0 Å². The van der Waals surface area contributed by atoms with Crippen molar-refractivity contribution in [2.24, 2.45) is 5.92 Å². The highest BCUT2D eigenvalue weighted by Crippen LogP contribution is 2.48. The summed E-state index contributed by atoms with van der Waals surface area (Å²) in [6.45, 7) is 11.8. The van der Waals surface area contributed by atoms with Crippen molar-refractivity contribution >= 4 is 5.69 Å². The molecule has 1 spiro atoms. The molecule has 3 saturated heterocycles. The van der Waals surface area contributed by atoms with Gasteiger partial charge in [-0.25, -0.2) is 0 Å². The second-order valence-electron chi connectivity index (χ2n) is 13.0. The van der Waals surface area contributed by atoms with Gasteiger partial charge in [0, 0.05) is 63.7 Å². The molecule has 41 heavy (non-hydrogen) atoms. The lowest BCUT2D eigenvalue weighted by molar-refractivity contribution is -0.127. The van der Waals surface area contributed by atoms with Crippen LogP contribution in [-0.4, -0.2) is 110 Å². The largest absolute Gasteiger partial charge is 0.483 e. The zero-order valence-corrected chi connectivity index (χ0v) is 25.2. The van der Waals surface area contributed by atoms with Crippen LogP contribution in [0.4, 0.5) is 5.69 Å². The van der Waals surface area contributed by atoms with Crippen molar-refractivity contribution in [1.29, 1.82) is 5.26 Å². The molecule has 2 N–H and O–H groups in total. The molecule has 4 heterocycles. The predicted octanol–water partition coefficient (Wildman–Crippen LogP) is 2.81. The van der Waals surface area contributed by atoms with E-state index in [1.165, 1.54) is 18.5 Å². The van der Waals surface area contributed by atoms with Crippen LogP contribution in [0, 0.1) is 17.2 Å². The molecular formula is C32H49N7O2. The first-order valence-corrected chi connectivity index (χ1v) is 15.7. The van der Waals surface area contributed by atoms with Crippen LogP contribution >= 0.6 is 0 Å². The zero-order valence-electron chi connectivity index (χ0n) is 25.2. The molecule has 0 amide bonds. The highest BCUT2D eigenvalue weighted by Gasteiger charge is 2.54. The van der Waals surface area contributed by atoms with E-state index in [-0.39, 0.29) is 36.2 Å². The summed E-state index contributed by atoms with van der Waals surface area (Å²) in [5.74, 6) is 1.42. The summed E-state index contributed by atoms with van der Waals surface area (Å²) >= 11 is 0. The molecular weight excluding hydrogens is 514 g/mol. The fraction of sp³-hybridized carbons (Fsp3) is 0.719. The van der Waals surface area contributed by atoms with Crippen LogP contribution in [0.5, 0.6) is 5.75 Å². The van der Waals surface area contributed by atoms with Gasteiger partial charge in [-0.15, -0.1) is 6.58 Å². The number of piperazine rings is 1. The first-order chi connectivity index (χ1) is 19.9. The Hall–Kier alpha value is -2.19. The standard InChI is InChI=1S/C32H49N7O2/c1-5-16-38-18-19-39(21-24(38)13-15-33)30-26-12-14-32(23(2)37(4)28-10-6-7-11-29(28)41-32)20-27(26)34-31(35-30)40-22-25-9-8-17-36(25)3/h5-7,10-11,23-27,30-31,34-35H,1,8-9,12-14,16-22H2,2-4H3/t23?,24?,25?,26?,27?,30?,31?,32-/m1/s1. The van der Waals surface area contributed by atoms with E-state index in [9.17, 15) is 5.26 Å². The molecule has 4 fully saturated rings. The van der Waals surface area contributed by atoms with E-state index in [1.807, 2.05) is 6.08 Å². The lowest BCUT2D eigenvalue weighted by Gasteiger charge is -2.58. The van der Waals surface area contributed by atoms with Gasteiger partial charge in [0.05, 0.1) is 37.0 Å². The van der Waals surface area contributed by atoms with E-state index < -0.39 is 0 Å². The van der Waals surface area contributed by atoms with E-state index >= 15 is 0 Å². The quantitative estimate of drug-likeness (QED) is 0.487. The molecule has 1 saturated carbocycles. The van der Waals surface area contributed by atoms with E-state index in [0.717, 1.165) is 64.3 Å². The fourth-order valence-electron chi connectivity index (χ4n) is 8.24. The van der Waals surface area contributed by atoms with Crippen molar-refractivity contribution in [2.45, 2.75) is 87.7 Å². The van der Waals surface area contributed by atoms with Gasteiger partial charge in [-0.3, -0.25) is 20.4 Å². The number of nitrogens with one attached hydrogen (secondary N) is 2. The summed E-state index contributed by atoms with van der Waals surface area (Å²) in [7, 11) is 4.42. The third-order valence-corrected chi connectivity index (χ3v) is 10.8. The number of para-hydroxylation sites is 2. The molecule has 1 aromatic rings. The Morgan fingerprint density at radius 2 is 2.02 bits per heavy atom. The summed E-state index contributed by atoms with van der Waals surface area (Å²) in [6, 6.07) is 12.1. The van der Waals surface area contributed by atoms with Gasteiger partial charge in [0.2, 0.25) is 0 Å². The monoisotopic (exact) mass is 563 g/mol. The average Bonchev–Trinajstić information content (AvgIpc) is 3.40. The number of benzene rings is 1. The molecule has 0 aromatic heterocycles. The molecule has 224 valence electrons. The Bertz CT molecular complexity index is 1110. The average molecular weight is 564 g/mol. The number of likely N-dealkylation sites (N-methyl/N-ethyl adjacent to an activating group) is 2. The maximum atomic E-state index is 9.59. The molecule has 0 radical (unpaired) electrons. The molecule has 0 bridgehead atoms. The molecule has 9 nitrogen and oxygen atoms in total. The van der Waals surface area contributed by atoms with Gasteiger partial charge >= 0.3 is 0 Å². The fourth-order valence-corrected chi connectivity index (χ4v) is 8.24. The van der Waals surface area contributed by atoms with Gasteiger partial charge in [0.15, 0.2) is 6.35 Å². The SMILES string of the molecule is C=CCN1CCN(C2NC(OCC3CCCN3C)NC3C[C@@]4(CCC32)Oc2ccccc2N(C)C4C)CC1CC#N. The molecule has 1 aliphatic carbocycles. The number of hydrogen-bond acceptors (Lipinski definition) is 9. The van der Waals surface area contributed by atoms with E-state index in [2.05, 4.69) is 88.2 Å². The van der Waals surface area contributed by atoms with Gasteiger partial charge in [-0.1, -0.05) is 18.2 Å². The van der Waals surface area contributed by atoms with Crippen LogP contribution in [0.1, 0.15) is 45.4 Å².